The minimum Gasteiger partial charge on any atom is -0.445 e. The van der Waals surface area contributed by atoms with Gasteiger partial charge in [0.1, 0.15) is 0 Å². The average Bonchev–Trinajstić information content (AvgIpc) is 2.06. The molecule has 1 heterocycles. The summed E-state index contributed by atoms with van der Waals surface area (Å²) in [6, 6.07) is 5.63. The van der Waals surface area contributed by atoms with Crippen molar-refractivity contribution in [2.45, 2.75) is 6.92 Å². The minimum atomic E-state index is 0.630. The van der Waals surface area contributed by atoms with Gasteiger partial charge in [-0.05, 0) is 13.0 Å². The number of nitrogens with zero attached hydrogens (tertiary/aromatic N) is 1. The van der Waals surface area contributed by atoms with Crippen LogP contribution in [0, 0.1) is 0 Å². The number of rotatable bonds is 3. The van der Waals surface area contributed by atoms with E-state index >= 15 is 0 Å². The van der Waals surface area contributed by atoms with Crippen molar-refractivity contribution in [2.24, 2.45) is 0 Å². The summed E-state index contributed by atoms with van der Waals surface area (Å²) in [7, 11) is 1.62. The Morgan fingerprint density at radius 3 is 2.91 bits per heavy atom. The van der Waals surface area contributed by atoms with E-state index in [0.29, 0.717) is 12.5 Å². The standard InChI is InChI=1S/C8H12NO2/c1-3-11-9-7-5-4-6-8(9)10-2/h4-7H,3H2,1-2H3/q+1. The van der Waals surface area contributed by atoms with E-state index in [0.717, 1.165) is 0 Å². The van der Waals surface area contributed by atoms with Gasteiger partial charge >= 0.3 is 5.88 Å². The molecule has 1 rings (SSSR count). The van der Waals surface area contributed by atoms with Crippen LogP contribution in [-0.2, 0) is 0 Å². The summed E-state index contributed by atoms with van der Waals surface area (Å²) < 4.78 is 6.63. The molecule has 60 valence electrons. The third kappa shape index (κ3) is 1.83. The molecule has 1 aromatic rings. The fourth-order valence-corrected chi connectivity index (χ4v) is 0.816. The Bertz CT molecular complexity index is 225. The maximum atomic E-state index is 5.22. The zero-order chi connectivity index (χ0) is 8.10. The lowest BCUT2D eigenvalue weighted by Gasteiger charge is -1.97. The molecule has 0 aliphatic heterocycles. The fraction of sp³-hybridized carbons (Fsp3) is 0.375. The Morgan fingerprint density at radius 1 is 1.45 bits per heavy atom. The highest BCUT2D eigenvalue weighted by atomic mass is 16.7. The third-order valence-electron chi connectivity index (χ3n) is 1.27. The highest BCUT2D eigenvalue weighted by Crippen LogP contribution is 1.97. The molecule has 0 amide bonds. The Kier molecular flexibility index (Phi) is 2.72. The van der Waals surface area contributed by atoms with E-state index in [2.05, 4.69) is 0 Å². The van der Waals surface area contributed by atoms with Gasteiger partial charge in [0.05, 0.1) is 13.2 Å². The normalized spacial score (nSPS) is 9.27. The van der Waals surface area contributed by atoms with Gasteiger partial charge in [-0.2, -0.15) is 0 Å². The fourth-order valence-electron chi connectivity index (χ4n) is 0.816. The molecule has 1 aromatic heterocycles. The molecule has 0 bridgehead atoms. The number of ether oxygens (including phenoxy) is 1. The molecule has 0 aliphatic carbocycles. The topological polar surface area (TPSA) is 22.3 Å². The van der Waals surface area contributed by atoms with Crippen LogP contribution in [0.15, 0.2) is 24.4 Å². The average molecular weight is 154 g/mol. The monoisotopic (exact) mass is 154 g/mol. The first kappa shape index (κ1) is 7.85. The lowest BCUT2D eigenvalue weighted by molar-refractivity contribution is -0.892. The number of pyridine rings is 1. The SMILES string of the molecule is CCO[n+]1ccccc1OC. The van der Waals surface area contributed by atoms with Gasteiger partial charge in [0.15, 0.2) is 6.61 Å². The van der Waals surface area contributed by atoms with Gasteiger partial charge in [-0.1, -0.05) is 0 Å². The second-order valence-corrected chi connectivity index (χ2v) is 1.99. The van der Waals surface area contributed by atoms with Crippen LogP contribution in [0.4, 0.5) is 0 Å². The highest BCUT2D eigenvalue weighted by molar-refractivity contribution is 5.01. The molecule has 0 unspecified atom stereocenters. The summed E-state index contributed by atoms with van der Waals surface area (Å²) in [5.74, 6) is 0.703. The lowest BCUT2D eigenvalue weighted by Crippen LogP contribution is -2.43. The number of methoxy groups -OCH3 is 1. The van der Waals surface area contributed by atoms with Crippen molar-refractivity contribution < 1.29 is 14.3 Å². The quantitative estimate of drug-likeness (QED) is 0.589. The van der Waals surface area contributed by atoms with E-state index in [-0.39, 0.29) is 0 Å². The van der Waals surface area contributed by atoms with Gasteiger partial charge in [0.25, 0.3) is 0 Å². The van der Waals surface area contributed by atoms with Crippen molar-refractivity contribution in [1.82, 2.24) is 0 Å². The summed E-state index contributed by atoms with van der Waals surface area (Å²) in [5.41, 5.74) is 0. The van der Waals surface area contributed by atoms with E-state index in [1.54, 1.807) is 11.8 Å². The molecule has 0 spiro atoms. The van der Waals surface area contributed by atoms with E-state index in [1.807, 2.05) is 31.3 Å². The highest BCUT2D eigenvalue weighted by Gasteiger charge is 2.08. The molecule has 11 heavy (non-hydrogen) atoms. The number of hydrogen-bond acceptors (Lipinski definition) is 2. The van der Waals surface area contributed by atoms with E-state index < -0.39 is 0 Å². The van der Waals surface area contributed by atoms with Crippen LogP contribution in [-0.4, -0.2) is 13.7 Å². The molecule has 0 saturated heterocycles. The van der Waals surface area contributed by atoms with Crippen molar-refractivity contribution in [1.29, 1.82) is 0 Å². The Hall–Kier alpha value is -1.25. The molecule has 3 nitrogen and oxygen atoms in total. The predicted octanol–water partition coefficient (Wildman–Crippen LogP) is 0.431. The first-order chi connectivity index (χ1) is 5.38. The molecular weight excluding hydrogens is 142 g/mol. The van der Waals surface area contributed by atoms with Crippen molar-refractivity contribution in [3.63, 3.8) is 0 Å². The number of hydrogen-bond donors (Lipinski definition) is 0. The second kappa shape index (κ2) is 3.81. The first-order valence-corrected chi connectivity index (χ1v) is 3.56. The maximum absolute atomic E-state index is 5.22. The first-order valence-electron chi connectivity index (χ1n) is 3.56. The van der Waals surface area contributed by atoms with Gasteiger partial charge in [-0.15, -0.1) is 0 Å². The summed E-state index contributed by atoms with van der Waals surface area (Å²) in [6.07, 6.45) is 1.81. The Morgan fingerprint density at radius 2 is 2.27 bits per heavy atom. The second-order valence-electron chi connectivity index (χ2n) is 1.99. The van der Waals surface area contributed by atoms with E-state index in [4.69, 9.17) is 9.57 Å². The Balaban J connectivity index is 2.83. The van der Waals surface area contributed by atoms with Crippen molar-refractivity contribution >= 4 is 0 Å². The summed E-state index contributed by atoms with van der Waals surface area (Å²) in [5, 5.41) is 0. The van der Waals surface area contributed by atoms with Crippen LogP contribution in [0.2, 0.25) is 0 Å². The molecule has 0 N–H and O–H groups in total. The molecule has 0 radical (unpaired) electrons. The van der Waals surface area contributed by atoms with Crippen LogP contribution >= 0.6 is 0 Å². The molecule has 0 aromatic carbocycles. The minimum absolute atomic E-state index is 0.630. The number of aromatic nitrogens is 1. The third-order valence-corrected chi connectivity index (χ3v) is 1.27. The molecule has 0 saturated carbocycles. The van der Waals surface area contributed by atoms with Crippen LogP contribution in [0.5, 0.6) is 5.88 Å². The largest absolute Gasteiger partial charge is 0.445 e. The summed E-state index contributed by atoms with van der Waals surface area (Å²) in [6.45, 7) is 2.56. The maximum Gasteiger partial charge on any atom is 0.416 e. The smallest absolute Gasteiger partial charge is 0.416 e. The summed E-state index contributed by atoms with van der Waals surface area (Å²) >= 11 is 0. The van der Waals surface area contributed by atoms with Crippen LogP contribution in [0.3, 0.4) is 0 Å². The van der Waals surface area contributed by atoms with Gasteiger partial charge in [-0.25, -0.2) is 0 Å². The van der Waals surface area contributed by atoms with Gasteiger partial charge in [0.2, 0.25) is 6.20 Å². The van der Waals surface area contributed by atoms with Crippen molar-refractivity contribution in [3.05, 3.63) is 24.4 Å². The molecule has 0 atom stereocenters. The zero-order valence-corrected chi connectivity index (χ0v) is 6.78. The van der Waals surface area contributed by atoms with Gasteiger partial charge in [-0.3, -0.25) is 4.84 Å². The van der Waals surface area contributed by atoms with E-state index in [1.165, 1.54) is 0 Å². The van der Waals surface area contributed by atoms with Crippen LogP contribution in [0.1, 0.15) is 6.92 Å². The van der Waals surface area contributed by atoms with Gasteiger partial charge in [0, 0.05) is 10.8 Å². The van der Waals surface area contributed by atoms with Crippen molar-refractivity contribution in [3.8, 4) is 5.88 Å². The predicted molar refractivity (Wildman–Crippen MR) is 40.3 cm³/mol. The summed E-state index contributed by atoms with van der Waals surface area (Å²) in [4.78, 5) is 5.22. The molecule has 0 aliphatic rings. The van der Waals surface area contributed by atoms with Gasteiger partial charge < -0.3 is 4.74 Å². The van der Waals surface area contributed by atoms with Crippen LogP contribution < -0.4 is 14.3 Å². The Labute approximate surface area is 66.1 Å². The zero-order valence-electron chi connectivity index (χ0n) is 6.78. The molecule has 0 fully saturated rings. The van der Waals surface area contributed by atoms with Crippen molar-refractivity contribution in [2.75, 3.05) is 13.7 Å². The van der Waals surface area contributed by atoms with Crippen LogP contribution in [0.25, 0.3) is 0 Å². The van der Waals surface area contributed by atoms with E-state index in [9.17, 15) is 0 Å². The molecule has 3 heteroatoms. The lowest BCUT2D eigenvalue weighted by atomic mass is 10.5. The molecular formula is C8H12NO2+.